The van der Waals surface area contributed by atoms with Crippen LogP contribution in [0.25, 0.3) is 0 Å². The predicted molar refractivity (Wildman–Crippen MR) is 81.0 cm³/mol. The lowest BCUT2D eigenvalue weighted by molar-refractivity contribution is -0.0224. The molecule has 0 saturated heterocycles. The summed E-state index contributed by atoms with van der Waals surface area (Å²) >= 11 is 0. The zero-order valence-corrected chi connectivity index (χ0v) is 13.9. The van der Waals surface area contributed by atoms with Crippen molar-refractivity contribution in [2.45, 2.75) is 67.4 Å². The second-order valence-corrected chi connectivity index (χ2v) is 7.54. The number of ether oxygens (including phenoxy) is 1. The van der Waals surface area contributed by atoms with Crippen molar-refractivity contribution >= 4 is 0 Å². The highest BCUT2D eigenvalue weighted by Gasteiger charge is 2.28. The van der Waals surface area contributed by atoms with Crippen LogP contribution in [0.4, 0.5) is 0 Å². The van der Waals surface area contributed by atoms with Crippen LogP contribution in [0.1, 0.15) is 61.8 Å². The quantitative estimate of drug-likeness (QED) is 0.707. The summed E-state index contributed by atoms with van der Waals surface area (Å²) in [6.07, 6.45) is 1.12. The molecule has 110 valence electrons. The standard InChI is InChI=1S/C16H35NO/c1-13(2)11-17-12-16(8,14(3)4)9-10-18-15(5,6)7/h13-14,17H,9-12H2,1-8H3. The molecule has 0 radical (unpaired) electrons. The van der Waals surface area contributed by atoms with E-state index in [0.717, 1.165) is 26.1 Å². The Balaban J connectivity index is 4.18. The molecule has 0 saturated carbocycles. The molecule has 2 heteroatoms. The lowest BCUT2D eigenvalue weighted by Gasteiger charge is -2.35. The largest absolute Gasteiger partial charge is 0.376 e. The van der Waals surface area contributed by atoms with E-state index in [4.69, 9.17) is 4.74 Å². The second kappa shape index (κ2) is 7.49. The number of rotatable bonds is 8. The Bertz CT molecular complexity index is 218. The first-order chi connectivity index (χ1) is 8.07. The molecule has 0 aliphatic carbocycles. The molecule has 0 aromatic heterocycles. The molecule has 0 heterocycles. The maximum Gasteiger partial charge on any atom is 0.0598 e. The highest BCUT2D eigenvalue weighted by Crippen LogP contribution is 2.30. The highest BCUT2D eigenvalue weighted by atomic mass is 16.5. The smallest absolute Gasteiger partial charge is 0.0598 e. The summed E-state index contributed by atoms with van der Waals surface area (Å²) in [7, 11) is 0. The van der Waals surface area contributed by atoms with E-state index in [1.54, 1.807) is 0 Å². The monoisotopic (exact) mass is 257 g/mol. The van der Waals surface area contributed by atoms with Gasteiger partial charge in [0.05, 0.1) is 5.60 Å². The normalized spacial score (nSPS) is 16.3. The van der Waals surface area contributed by atoms with Crippen molar-refractivity contribution in [1.29, 1.82) is 0 Å². The van der Waals surface area contributed by atoms with Crippen molar-refractivity contribution in [2.24, 2.45) is 17.3 Å². The molecule has 1 unspecified atom stereocenters. The number of hydrogen-bond acceptors (Lipinski definition) is 2. The lowest BCUT2D eigenvalue weighted by atomic mass is 9.76. The molecule has 0 aliphatic rings. The average molecular weight is 257 g/mol. The van der Waals surface area contributed by atoms with E-state index in [0.29, 0.717) is 17.3 Å². The van der Waals surface area contributed by atoms with Crippen molar-refractivity contribution in [2.75, 3.05) is 19.7 Å². The third-order valence-electron chi connectivity index (χ3n) is 3.68. The van der Waals surface area contributed by atoms with E-state index in [1.165, 1.54) is 0 Å². The fraction of sp³-hybridized carbons (Fsp3) is 1.00. The van der Waals surface area contributed by atoms with Gasteiger partial charge in [0.15, 0.2) is 0 Å². The third kappa shape index (κ3) is 8.10. The Morgan fingerprint density at radius 1 is 1.00 bits per heavy atom. The van der Waals surface area contributed by atoms with Gasteiger partial charge in [-0.2, -0.15) is 0 Å². The zero-order valence-electron chi connectivity index (χ0n) is 13.9. The molecular formula is C16H35NO. The molecule has 0 rings (SSSR count). The van der Waals surface area contributed by atoms with Crippen molar-refractivity contribution in [3.05, 3.63) is 0 Å². The number of hydrogen-bond donors (Lipinski definition) is 1. The molecule has 1 atom stereocenters. The Morgan fingerprint density at radius 3 is 1.94 bits per heavy atom. The van der Waals surface area contributed by atoms with E-state index in [2.05, 4.69) is 60.7 Å². The molecule has 0 aromatic carbocycles. The minimum Gasteiger partial charge on any atom is -0.376 e. The maximum absolute atomic E-state index is 5.87. The van der Waals surface area contributed by atoms with Gasteiger partial charge in [0.2, 0.25) is 0 Å². The van der Waals surface area contributed by atoms with Crippen LogP contribution < -0.4 is 5.32 Å². The zero-order chi connectivity index (χ0) is 14.4. The predicted octanol–water partition coefficient (Wildman–Crippen LogP) is 4.10. The minimum atomic E-state index is -0.0246. The second-order valence-electron chi connectivity index (χ2n) is 7.54. The van der Waals surface area contributed by atoms with Crippen LogP contribution in [-0.4, -0.2) is 25.3 Å². The Hall–Kier alpha value is -0.0800. The fourth-order valence-corrected chi connectivity index (χ4v) is 1.82. The highest BCUT2D eigenvalue weighted by molar-refractivity contribution is 4.80. The summed E-state index contributed by atoms with van der Waals surface area (Å²) in [5.41, 5.74) is 0.295. The van der Waals surface area contributed by atoms with Crippen LogP contribution in [0.3, 0.4) is 0 Å². The summed E-state index contributed by atoms with van der Waals surface area (Å²) in [6.45, 7) is 20.9. The van der Waals surface area contributed by atoms with Gasteiger partial charge in [-0.3, -0.25) is 0 Å². The van der Waals surface area contributed by atoms with Gasteiger partial charge in [-0.15, -0.1) is 0 Å². The van der Waals surface area contributed by atoms with Gasteiger partial charge in [0.25, 0.3) is 0 Å². The van der Waals surface area contributed by atoms with Gasteiger partial charge in [0, 0.05) is 13.2 Å². The van der Waals surface area contributed by atoms with Gasteiger partial charge >= 0.3 is 0 Å². The van der Waals surface area contributed by atoms with Crippen LogP contribution in [0.5, 0.6) is 0 Å². The van der Waals surface area contributed by atoms with Gasteiger partial charge in [-0.05, 0) is 51.0 Å². The van der Waals surface area contributed by atoms with Crippen molar-refractivity contribution in [3.8, 4) is 0 Å². The van der Waals surface area contributed by atoms with Crippen molar-refractivity contribution < 1.29 is 4.74 Å². The van der Waals surface area contributed by atoms with Crippen LogP contribution >= 0.6 is 0 Å². The van der Waals surface area contributed by atoms with E-state index in [9.17, 15) is 0 Å². The topological polar surface area (TPSA) is 21.3 Å². The van der Waals surface area contributed by atoms with E-state index in [1.807, 2.05) is 0 Å². The first-order valence-corrected chi connectivity index (χ1v) is 7.41. The molecule has 0 spiro atoms. The Kier molecular flexibility index (Phi) is 7.46. The molecule has 1 N–H and O–H groups in total. The molecule has 0 aliphatic heterocycles. The molecule has 0 aromatic rings. The van der Waals surface area contributed by atoms with Gasteiger partial charge in [-0.25, -0.2) is 0 Å². The Labute approximate surface area is 115 Å². The van der Waals surface area contributed by atoms with E-state index in [-0.39, 0.29) is 5.60 Å². The van der Waals surface area contributed by atoms with Gasteiger partial charge in [0.1, 0.15) is 0 Å². The van der Waals surface area contributed by atoms with Crippen molar-refractivity contribution in [1.82, 2.24) is 5.32 Å². The fourth-order valence-electron chi connectivity index (χ4n) is 1.82. The summed E-state index contributed by atoms with van der Waals surface area (Å²) in [5, 5.41) is 3.60. The lowest BCUT2D eigenvalue weighted by Crippen LogP contribution is -2.39. The van der Waals surface area contributed by atoms with E-state index < -0.39 is 0 Å². The van der Waals surface area contributed by atoms with E-state index >= 15 is 0 Å². The maximum atomic E-state index is 5.87. The summed E-state index contributed by atoms with van der Waals surface area (Å²) in [4.78, 5) is 0. The molecule has 2 nitrogen and oxygen atoms in total. The number of nitrogens with one attached hydrogen (secondary N) is 1. The first kappa shape index (κ1) is 17.9. The molecule has 0 amide bonds. The van der Waals surface area contributed by atoms with Gasteiger partial charge < -0.3 is 10.1 Å². The molecule has 18 heavy (non-hydrogen) atoms. The van der Waals surface area contributed by atoms with Gasteiger partial charge in [-0.1, -0.05) is 34.6 Å². The van der Waals surface area contributed by atoms with Crippen LogP contribution in [0, 0.1) is 17.3 Å². The summed E-state index contributed by atoms with van der Waals surface area (Å²) < 4.78 is 5.87. The third-order valence-corrected chi connectivity index (χ3v) is 3.68. The minimum absolute atomic E-state index is 0.0246. The Morgan fingerprint density at radius 2 is 1.56 bits per heavy atom. The average Bonchev–Trinajstić information content (AvgIpc) is 2.14. The van der Waals surface area contributed by atoms with Crippen LogP contribution in [0.15, 0.2) is 0 Å². The van der Waals surface area contributed by atoms with Crippen molar-refractivity contribution in [3.63, 3.8) is 0 Å². The SMILES string of the molecule is CC(C)CNCC(C)(CCOC(C)(C)C)C(C)C. The summed E-state index contributed by atoms with van der Waals surface area (Å²) in [5.74, 6) is 1.38. The molecule has 0 bridgehead atoms. The molecular weight excluding hydrogens is 222 g/mol. The summed E-state index contributed by atoms with van der Waals surface area (Å²) in [6, 6.07) is 0. The first-order valence-electron chi connectivity index (χ1n) is 7.41. The van der Waals surface area contributed by atoms with Crippen LogP contribution in [0.2, 0.25) is 0 Å². The van der Waals surface area contributed by atoms with Crippen LogP contribution in [-0.2, 0) is 4.74 Å². The molecule has 0 fully saturated rings.